The van der Waals surface area contributed by atoms with Gasteiger partial charge < -0.3 is 15.0 Å². The van der Waals surface area contributed by atoms with E-state index in [0.717, 1.165) is 23.1 Å². The number of nitrogens with one attached hydrogen (secondary N) is 1. The van der Waals surface area contributed by atoms with E-state index in [-0.39, 0.29) is 29.9 Å². The standard InChI is InChI=1S/C28H40N2O3/c1-8-21(4)29-27(32)24(9-2)30(18-22-15-11-10-14-20(22)3)26(31)19-33-25-17-13-12-16-23(25)28(5,6)7/h10-17,21,24H,8-9,18-19H2,1-7H3,(H,29,32)/t21-,24+/m0/s1. The molecule has 0 fully saturated rings. The van der Waals surface area contributed by atoms with Gasteiger partial charge in [0.15, 0.2) is 6.61 Å². The highest BCUT2D eigenvalue weighted by molar-refractivity contribution is 5.88. The van der Waals surface area contributed by atoms with Crippen molar-refractivity contribution >= 4 is 11.8 Å². The Balaban J connectivity index is 2.30. The molecule has 0 saturated carbocycles. The van der Waals surface area contributed by atoms with Gasteiger partial charge in [-0.15, -0.1) is 0 Å². The summed E-state index contributed by atoms with van der Waals surface area (Å²) in [4.78, 5) is 28.2. The summed E-state index contributed by atoms with van der Waals surface area (Å²) >= 11 is 0. The van der Waals surface area contributed by atoms with Crippen LogP contribution in [0.4, 0.5) is 0 Å². The van der Waals surface area contributed by atoms with Crippen molar-refractivity contribution in [1.82, 2.24) is 10.2 Å². The fourth-order valence-electron chi connectivity index (χ4n) is 3.77. The van der Waals surface area contributed by atoms with Gasteiger partial charge in [0, 0.05) is 12.6 Å². The summed E-state index contributed by atoms with van der Waals surface area (Å²) in [5.41, 5.74) is 3.05. The number of hydrogen-bond acceptors (Lipinski definition) is 3. The molecule has 5 heteroatoms. The first-order valence-electron chi connectivity index (χ1n) is 11.9. The Morgan fingerprint density at radius 1 is 1.00 bits per heavy atom. The lowest BCUT2D eigenvalue weighted by molar-refractivity contribution is -0.143. The molecule has 1 N–H and O–H groups in total. The molecule has 0 aliphatic heterocycles. The van der Waals surface area contributed by atoms with Gasteiger partial charge in [0.2, 0.25) is 5.91 Å². The van der Waals surface area contributed by atoms with Crippen molar-refractivity contribution in [1.29, 1.82) is 0 Å². The molecule has 0 saturated heterocycles. The van der Waals surface area contributed by atoms with E-state index in [1.807, 2.05) is 76.2 Å². The van der Waals surface area contributed by atoms with Crippen LogP contribution < -0.4 is 10.1 Å². The van der Waals surface area contributed by atoms with Crippen molar-refractivity contribution in [3.05, 3.63) is 65.2 Å². The van der Waals surface area contributed by atoms with Crippen LogP contribution in [0.2, 0.25) is 0 Å². The summed E-state index contributed by atoms with van der Waals surface area (Å²) < 4.78 is 6.03. The van der Waals surface area contributed by atoms with Crippen molar-refractivity contribution in [2.45, 2.75) is 85.4 Å². The molecule has 2 atom stereocenters. The number of amides is 2. The van der Waals surface area contributed by atoms with E-state index in [9.17, 15) is 9.59 Å². The number of carbonyl (C=O) groups is 2. The molecular weight excluding hydrogens is 412 g/mol. The van der Waals surface area contributed by atoms with Crippen molar-refractivity contribution in [3.8, 4) is 5.75 Å². The van der Waals surface area contributed by atoms with Crippen LogP contribution in [0.25, 0.3) is 0 Å². The van der Waals surface area contributed by atoms with Gasteiger partial charge in [-0.05, 0) is 54.9 Å². The van der Waals surface area contributed by atoms with Crippen molar-refractivity contribution in [2.24, 2.45) is 0 Å². The Hall–Kier alpha value is -2.82. The predicted octanol–water partition coefficient (Wildman–Crippen LogP) is 5.39. The number of para-hydroxylation sites is 1. The number of hydrogen-bond donors (Lipinski definition) is 1. The van der Waals surface area contributed by atoms with E-state index in [0.29, 0.717) is 18.7 Å². The van der Waals surface area contributed by atoms with Gasteiger partial charge in [0.05, 0.1) is 0 Å². The first-order chi connectivity index (χ1) is 15.6. The Kier molecular flexibility index (Phi) is 9.51. The molecule has 0 radical (unpaired) electrons. The maximum absolute atomic E-state index is 13.5. The average molecular weight is 453 g/mol. The zero-order chi connectivity index (χ0) is 24.6. The average Bonchev–Trinajstić information content (AvgIpc) is 2.78. The highest BCUT2D eigenvalue weighted by Gasteiger charge is 2.30. The molecule has 2 aromatic carbocycles. The molecule has 2 amide bonds. The minimum atomic E-state index is -0.562. The molecule has 0 aliphatic rings. The van der Waals surface area contributed by atoms with Crippen molar-refractivity contribution in [2.75, 3.05) is 6.61 Å². The third kappa shape index (κ3) is 7.34. The fraction of sp³-hybridized carbons (Fsp3) is 0.500. The number of aryl methyl sites for hydroxylation is 1. The van der Waals surface area contributed by atoms with E-state index in [4.69, 9.17) is 4.74 Å². The summed E-state index contributed by atoms with van der Waals surface area (Å²) in [6.45, 7) is 14.6. The Morgan fingerprint density at radius 2 is 1.64 bits per heavy atom. The zero-order valence-electron chi connectivity index (χ0n) is 21.3. The van der Waals surface area contributed by atoms with Gasteiger partial charge in [-0.3, -0.25) is 9.59 Å². The molecule has 5 nitrogen and oxygen atoms in total. The first kappa shape index (κ1) is 26.4. The highest BCUT2D eigenvalue weighted by Crippen LogP contribution is 2.31. The van der Waals surface area contributed by atoms with Gasteiger partial charge >= 0.3 is 0 Å². The van der Waals surface area contributed by atoms with Crippen LogP contribution in [0.3, 0.4) is 0 Å². The van der Waals surface area contributed by atoms with Gasteiger partial charge in [-0.1, -0.05) is 77.1 Å². The van der Waals surface area contributed by atoms with Gasteiger partial charge in [0.25, 0.3) is 5.91 Å². The highest BCUT2D eigenvalue weighted by atomic mass is 16.5. The smallest absolute Gasteiger partial charge is 0.261 e. The van der Waals surface area contributed by atoms with E-state index < -0.39 is 6.04 Å². The maximum Gasteiger partial charge on any atom is 0.261 e. The van der Waals surface area contributed by atoms with E-state index >= 15 is 0 Å². The molecule has 2 rings (SSSR count). The molecule has 0 aliphatic carbocycles. The minimum Gasteiger partial charge on any atom is -0.483 e. The summed E-state index contributed by atoms with van der Waals surface area (Å²) in [5, 5.41) is 3.05. The van der Waals surface area contributed by atoms with Crippen LogP contribution in [0.5, 0.6) is 5.75 Å². The molecule has 0 aromatic heterocycles. The van der Waals surface area contributed by atoms with Crippen LogP contribution in [0.1, 0.15) is 71.1 Å². The van der Waals surface area contributed by atoms with E-state index in [1.165, 1.54) is 0 Å². The van der Waals surface area contributed by atoms with Gasteiger partial charge in [-0.2, -0.15) is 0 Å². The first-order valence-corrected chi connectivity index (χ1v) is 11.9. The number of rotatable bonds is 10. The molecule has 0 spiro atoms. The van der Waals surface area contributed by atoms with Crippen molar-refractivity contribution in [3.63, 3.8) is 0 Å². The SMILES string of the molecule is CC[C@H](C(=O)N[C@@H](C)CC)N(Cc1ccccc1C)C(=O)COc1ccccc1C(C)(C)C. The number of benzene rings is 2. The van der Waals surface area contributed by atoms with E-state index in [1.54, 1.807) is 4.90 Å². The van der Waals surface area contributed by atoms with Crippen LogP contribution in [-0.4, -0.2) is 35.4 Å². The van der Waals surface area contributed by atoms with Crippen LogP contribution in [0.15, 0.2) is 48.5 Å². The summed E-state index contributed by atoms with van der Waals surface area (Å²) in [7, 11) is 0. The molecule has 2 aromatic rings. The summed E-state index contributed by atoms with van der Waals surface area (Å²) in [6, 6.07) is 15.3. The van der Waals surface area contributed by atoms with Crippen LogP contribution >= 0.6 is 0 Å². The largest absolute Gasteiger partial charge is 0.483 e. The third-order valence-corrected chi connectivity index (χ3v) is 6.04. The Labute approximate surface area is 199 Å². The summed E-state index contributed by atoms with van der Waals surface area (Å²) in [6.07, 6.45) is 1.36. The van der Waals surface area contributed by atoms with Crippen LogP contribution in [-0.2, 0) is 21.5 Å². The quantitative estimate of drug-likeness (QED) is 0.526. The molecular formula is C28H40N2O3. The minimum absolute atomic E-state index is 0.0527. The topological polar surface area (TPSA) is 58.6 Å². The molecule has 0 bridgehead atoms. The normalized spacial score (nSPS) is 13.2. The molecule has 0 unspecified atom stereocenters. The van der Waals surface area contributed by atoms with Crippen LogP contribution in [0, 0.1) is 6.92 Å². The summed E-state index contributed by atoms with van der Waals surface area (Å²) in [5.74, 6) is 0.378. The lowest BCUT2D eigenvalue weighted by atomic mass is 9.86. The van der Waals surface area contributed by atoms with Gasteiger partial charge in [0.1, 0.15) is 11.8 Å². The van der Waals surface area contributed by atoms with E-state index in [2.05, 4.69) is 26.1 Å². The second-order valence-corrected chi connectivity index (χ2v) is 9.72. The molecule has 180 valence electrons. The fourth-order valence-corrected chi connectivity index (χ4v) is 3.77. The number of carbonyl (C=O) groups excluding carboxylic acids is 2. The lowest BCUT2D eigenvalue weighted by Gasteiger charge is -2.32. The Bertz CT molecular complexity index is 933. The van der Waals surface area contributed by atoms with Gasteiger partial charge in [-0.25, -0.2) is 0 Å². The third-order valence-electron chi connectivity index (χ3n) is 6.04. The molecule has 33 heavy (non-hydrogen) atoms. The second-order valence-electron chi connectivity index (χ2n) is 9.72. The predicted molar refractivity (Wildman–Crippen MR) is 134 cm³/mol. The Morgan fingerprint density at radius 3 is 2.24 bits per heavy atom. The lowest BCUT2D eigenvalue weighted by Crippen LogP contribution is -2.51. The maximum atomic E-state index is 13.5. The van der Waals surface area contributed by atoms with Crippen molar-refractivity contribution < 1.29 is 14.3 Å². The molecule has 0 heterocycles. The second kappa shape index (κ2) is 11.9. The number of nitrogens with zero attached hydrogens (tertiary/aromatic N) is 1. The zero-order valence-corrected chi connectivity index (χ0v) is 21.3. The number of ether oxygens (including phenoxy) is 1. The monoisotopic (exact) mass is 452 g/mol.